The van der Waals surface area contributed by atoms with Crippen LogP contribution in [0.4, 0.5) is 10.2 Å². The van der Waals surface area contributed by atoms with E-state index in [1.807, 2.05) is 6.07 Å². The van der Waals surface area contributed by atoms with E-state index >= 15 is 0 Å². The molecular formula is C18H18FN9. The molecule has 1 fully saturated rings. The highest BCUT2D eigenvalue weighted by Crippen LogP contribution is 2.22. The average Bonchev–Trinajstić information content (AvgIpc) is 3.38. The summed E-state index contributed by atoms with van der Waals surface area (Å²) in [6.07, 6.45) is 8.21. The van der Waals surface area contributed by atoms with E-state index in [1.54, 1.807) is 27.7 Å². The number of pyridine rings is 1. The molecule has 0 amide bonds. The minimum Gasteiger partial charge on any atom is -0.366 e. The summed E-state index contributed by atoms with van der Waals surface area (Å²) >= 11 is 0. The summed E-state index contributed by atoms with van der Waals surface area (Å²) in [4.78, 5) is 17.6. The van der Waals surface area contributed by atoms with E-state index in [-0.39, 0.29) is 11.9 Å². The Morgan fingerprint density at radius 2 is 2.21 bits per heavy atom. The Morgan fingerprint density at radius 3 is 3.04 bits per heavy atom. The quantitative estimate of drug-likeness (QED) is 0.557. The van der Waals surface area contributed by atoms with Gasteiger partial charge in [-0.25, -0.2) is 29.0 Å². The minimum absolute atomic E-state index is 0.278. The molecule has 0 bridgehead atoms. The molecule has 142 valence electrons. The number of hydrogen-bond acceptors (Lipinski definition) is 7. The molecule has 1 aliphatic heterocycles. The highest BCUT2D eigenvalue weighted by molar-refractivity contribution is 5.60. The molecule has 5 rings (SSSR count). The van der Waals surface area contributed by atoms with E-state index < -0.39 is 0 Å². The van der Waals surface area contributed by atoms with Gasteiger partial charge in [-0.2, -0.15) is 5.10 Å². The van der Waals surface area contributed by atoms with Crippen LogP contribution in [0.1, 0.15) is 12.8 Å². The molecule has 0 spiro atoms. The Morgan fingerprint density at radius 1 is 1.25 bits per heavy atom. The predicted molar refractivity (Wildman–Crippen MR) is 101 cm³/mol. The van der Waals surface area contributed by atoms with Gasteiger partial charge in [0, 0.05) is 24.8 Å². The van der Waals surface area contributed by atoms with Gasteiger partial charge in [-0.05, 0) is 31.5 Å². The molecule has 0 radical (unpaired) electrons. The van der Waals surface area contributed by atoms with Crippen LogP contribution in [0.25, 0.3) is 23.0 Å². The molecule has 0 aromatic carbocycles. The Bertz CT molecular complexity index is 1100. The molecule has 1 saturated heterocycles. The third-order valence-corrected chi connectivity index (χ3v) is 4.71. The first-order valence-electron chi connectivity index (χ1n) is 9.10. The Labute approximate surface area is 159 Å². The molecule has 4 aromatic rings. The van der Waals surface area contributed by atoms with Gasteiger partial charge in [0.05, 0.1) is 6.20 Å². The molecule has 9 nitrogen and oxygen atoms in total. The molecule has 4 aromatic heterocycles. The van der Waals surface area contributed by atoms with E-state index in [1.165, 1.54) is 18.6 Å². The molecule has 0 saturated carbocycles. The van der Waals surface area contributed by atoms with Crippen LogP contribution in [0.2, 0.25) is 0 Å². The average molecular weight is 379 g/mol. The van der Waals surface area contributed by atoms with Crippen molar-refractivity contribution in [2.24, 2.45) is 0 Å². The summed E-state index contributed by atoms with van der Waals surface area (Å²) in [5, 5.41) is 11.0. The smallest absolute Gasteiger partial charge is 0.182 e. The highest BCUT2D eigenvalue weighted by atomic mass is 19.1. The standard InChI is InChI=1S/C18H18FN9/c19-12-3-4-16-22-8-14(27(16)9-12)18-25-15(24-13-2-1-5-20-7-13)6-17(26-18)28-11-21-10-23-28/h3-4,6,8-11,13,20H,1-2,5,7H2,(H,24,25,26). The number of nitrogens with zero attached hydrogens (tertiary/aromatic N) is 7. The number of rotatable bonds is 4. The van der Waals surface area contributed by atoms with Crippen LogP contribution in [-0.4, -0.2) is 53.2 Å². The molecule has 1 unspecified atom stereocenters. The van der Waals surface area contributed by atoms with Crippen LogP contribution in [0.3, 0.4) is 0 Å². The first kappa shape index (κ1) is 16.8. The molecule has 10 heteroatoms. The largest absolute Gasteiger partial charge is 0.366 e. The number of fused-ring (bicyclic) bond motifs is 1. The zero-order valence-electron chi connectivity index (χ0n) is 15.0. The molecule has 1 atom stereocenters. The molecule has 1 aliphatic rings. The summed E-state index contributed by atoms with van der Waals surface area (Å²) < 4.78 is 17.0. The van der Waals surface area contributed by atoms with Crippen molar-refractivity contribution in [1.29, 1.82) is 0 Å². The summed E-state index contributed by atoms with van der Waals surface area (Å²) in [5.74, 6) is 1.32. The second kappa shape index (κ2) is 6.97. The number of imidazole rings is 1. The van der Waals surface area contributed by atoms with Crippen molar-refractivity contribution in [3.05, 3.63) is 49.1 Å². The molecule has 2 N–H and O–H groups in total. The summed E-state index contributed by atoms with van der Waals surface area (Å²) in [5.41, 5.74) is 1.22. The molecular weight excluding hydrogens is 361 g/mol. The van der Waals surface area contributed by atoms with Gasteiger partial charge in [-0.1, -0.05) is 0 Å². The lowest BCUT2D eigenvalue weighted by molar-refractivity contribution is 0.479. The van der Waals surface area contributed by atoms with Crippen molar-refractivity contribution in [2.45, 2.75) is 18.9 Å². The molecule has 28 heavy (non-hydrogen) atoms. The Kier molecular flexibility index (Phi) is 4.17. The summed E-state index contributed by atoms with van der Waals surface area (Å²) in [6.45, 7) is 1.91. The van der Waals surface area contributed by atoms with Crippen molar-refractivity contribution in [3.63, 3.8) is 0 Å². The maximum absolute atomic E-state index is 13.8. The molecule has 5 heterocycles. The number of piperidine rings is 1. The first-order valence-corrected chi connectivity index (χ1v) is 9.10. The number of hydrogen-bond donors (Lipinski definition) is 2. The fraction of sp³-hybridized carbons (Fsp3) is 0.278. The highest BCUT2D eigenvalue weighted by Gasteiger charge is 2.17. The second-order valence-corrected chi connectivity index (χ2v) is 6.68. The van der Waals surface area contributed by atoms with Gasteiger partial charge in [-0.3, -0.25) is 4.40 Å². The number of anilines is 1. The second-order valence-electron chi connectivity index (χ2n) is 6.68. The van der Waals surface area contributed by atoms with Gasteiger partial charge in [-0.15, -0.1) is 0 Å². The lowest BCUT2D eigenvalue weighted by Crippen LogP contribution is -2.38. The summed E-state index contributed by atoms with van der Waals surface area (Å²) in [7, 11) is 0. The van der Waals surface area contributed by atoms with Crippen molar-refractivity contribution < 1.29 is 4.39 Å². The maximum Gasteiger partial charge on any atom is 0.182 e. The third kappa shape index (κ3) is 3.18. The fourth-order valence-corrected chi connectivity index (χ4v) is 3.37. The van der Waals surface area contributed by atoms with Gasteiger partial charge < -0.3 is 10.6 Å². The van der Waals surface area contributed by atoms with Gasteiger partial charge in [0.15, 0.2) is 11.6 Å². The van der Waals surface area contributed by atoms with Gasteiger partial charge >= 0.3 is 0 Å². The zero-order valence-corrected chi connectivity index (χ0v) is 15.0. The van der Waals surface area contributed by atoms with E-state index in [4.69, 9.17) is 0 Å². The van der Waals surface area contributed by atoms with E-state index in [0.717, 1.165) is 25.9 Å². The first-order chi connectivity index (χ1) is 13.8. The van der Waals surface area contributed by atoms with Crippen molar-refractivity contribution in [3.8, 4) is 17.3 Å². The van der Waals surface area contributed by atoms with Crippen LogP contribution in [-0.2, 0) is 0 Å². The van der Waals surface area contributed by atoms with Gasteiger partial charge in [0.2, 0.25) is 0 Å². The predicted octanol–water partition coefficient (Wildman–Crippen LogP) is 1.67. The van der Waals surface area contributed by atoms with Crippen molar-refractivity contribution in [1.82, 2.24) is 39.4 Å². The lowest BCUT2D eigenvalue weighted by atomic mass is 10.1. The Hall–Kier alpha value is -3.40. The van der Waals surface area contributed by atoms with Crippen LogP contribution >= 0.6 is 0 Å². The van der Waals surface area contributed by atoms with E-state index in [0.29, 0.717) is 28.8 Å². The van der Waals surface area contributed by atoms with Crippen LogP contribution in [0.5, 0.6) is 0 Å². The fourth-order valence-electron chi connectivity index (χ4n) is 3.37. The van der Waals surface area contributed by atoms with Gasteiger partial charge in [0.1, 0.15) is 35.6 Å². The lowest BCUT2D eigenvalue weighted by Gasteiger charge is -2.24. The van der Waals surface area contributed by atoms with E-state index in [9.17, 15) is 4.39 Å². The number of aromatic nitrogens is 7. The van der Waals surface area contributed by atoms with Crippen molar-refractivity contribution in [2.75, 3.05) is 18.4 Å². The number of halogens is 1. The Balaban J connectivity index is 1.60. The maximum atomic E-state index is 13.8. The van der Waals surface area contributed by atoms with Crippen LogP contribution < -0.4 is 10.6 Å². The summed E-state index contributed by atoms with van der Waals surface area (Å²) in [6, 6.07) is 5.10. The molecule has 0 aliphatic carbocycles. The zero-order chi connectivity index (χ0) is 18.9. The normalized spacial score (nSPS) is 17.1. The topological polar surface area (TPSA) is 97.8 Å². The van der Waals surface area contributed by atoms with Crippen LogP contribution in [0.15, 0.2) is 43.2 Å². The van der Waals surface area contributed by atoms with E-state index in [2.05, 4.69) is 35.7 Å². The SMILES string of the molecule is Fc1ccc2ncc(-c3nc(NC4CCCNC4)cc(-n4cncn4)n3)n2c1. The van der Waals surface area contributed by atoms with Gasteiger partial charge in [0.25, 0.3) is 0 Å². The minimum atomic E-state index is -0.356. The van der Waals surface area contributed by atoms with Crippen LogP contribution in [0, 0.1) is 5.82 Å². The number of nitrogens with one attached hydrogen (secondary N) is 2. The third-order valence-electron chi connectivity index (χ3n) is 4.71. The van der Waals surface area contributed by atoms with Crippen molar-refractivity contribution >= 4 is 11.5 Å². The monoisotopic (exact) mass is 379 g/mol.